The molecular weight excluding hydrogens is 188 g/mol. The van der Waals surface area contributed by atoms with Crippen LogP contribution >= 0.6 is 0 Å². The Kier molecular flexibility index (Phi) is 3.47. The Labute approximate surface area is 79.9 Å². The van der Waals surface area contributed by atoms with Crippen LogP contribution in [-0.2, 0) is 10.0 Å². The number of likely N-dealkylation sites (N-methyl/N-ethyl adjacent to an activating group) is 1. The van der Waals surface area contributed by atoms with E-state index in [1.165, 1.54) is 10.4 Å². The molecule has 0 aromatic heterocycles. The van der Waals surface area contributed by atoms with Crippen molar-refractivity contribution in [3.8, 4) is 0 Å². The van der Waals surface area contributed by atoms with Gasteiger partial charge in [-0.25, -0.2) is 8.42 Å². The summed E-state index contributed by atoms with van der Waals surface area (Å²) < 4.78 is 24.6. The maximum absolute atomic E-state index is 11.5. The first kappa shape index (κ1) is 10.7. The predicted molar refractivity (Wildman–Crippen MR) is 53.1 cm³/mol. The SMILES string of the molecule is C=CCS(=O)(=O)N1CCN(C)CC1. The van der Waals surface area contributed by atoms with E-state index in [1.54, 1.807) is 0 Å². The van der Waals surface area contributed by atoms with Gasteiger partial charge in [0.2, 0.25) is 10.0 Å². The Balaban J connectivity index is 2.58. The summed E-state index contributed by atoms with van der Waals surface area (Å²) in [6.45, 7) is 6.28. The molecule has 0 aromatic rings. The van der Waals surface area contributed by atoms with Crippen molar-refractivity contribution in [2.75, 3.05) is 39.0 Å². The fourth-order valence-corrected chi connectivity index (χ4v) is 2.55. The van der Waals surface area contributed by atoms with Gasteiger partial charge in [-0.1, -0.05) is 6.08 Å². The Bertz CT molecular complexity index is 266. The number of hydrogen-bond acceptors (Lipinski definition) is 3. The van der Waals surface area contributed by atoms with Gasteiger partial charge >= 0.3 is 0 Å². The van der Waals surface area contributed by atoms with Gasteiger partial charge in [-0.15, -0.1) is 6.58 Å². The summed E-state index contributed by atoms with van der Waals surface area (Å²) in [6.07, 6.45) is 1.44. The summed E-state index contributed by atoms with van der Waals surface area (Å²) in [6, 6.07) is 0. The highest BCUT2D eigenvalue weighted by atomic mass is 32.2. The molecule has 0 saturated carbocycles. The fourth-order valence-electron chi connectivity index (χ4n) is 1.32. The Morgan fingerprint density at radius 2 is 1.85 bits per heavy atom. The first-order valence-electron chi connectivity index (χ1n) is 4.33. The molecular formula is C8H16N2O2S. The summed E-state index contributed by atoms with van der Waals surface area (Å²) in [5, 5.41) is 0. The van der Waals surface area contributed by atoms with E-state index in [4.69, 9.17) is 0 Å². The van der Waals surface area contributed by atoms with Crippen LogP contribution < -0.4 is 0 Å². The van der Waals surface area contributed by atoms with Gasteiger partial charge in [-0.05, 0) is 7.05 Å². The predicted octanol–water partition coefficient (Wildman–Crippen LogP) is -0.250. The molecule has 0 aliphatic carbocycles. The highest BCUT2D eigenvalue weighted by Crippen LogP contribution is 2.06. The van der Waals surface area contributed by atoms with E-state index in [1.807, 2.05) is 7.05 Å². The normalized spacial score (nSPS) is 21.6. The van der Waals surface area contributed by atoms with Gasteiger partial charge in [0.25, 0.3) is 0 Å². The van der Waals surface area contributed by atoms with Gasteiger partial charge in [-0.2, -0.15) is 4.31 Å². The van der Waals surface area contributed by atoms with Gasteiger partial charge < -0.3 is 4.90 Å². The Morgan fingerprint density at radius 3 is 2.31 bits per heavy atom. The van der Waals surface area contributed by atoms with E-state index >= 15 is 0 Å². The molecule has 1 aliphatic heterocycles. The van der Waals surface area contributed by atoms with Crippen molar-refractivity contribution in [2.45, 2.75) is 0 Å². The largest absolute Gasteiger partial charge is 0.304 e. The topological polar surface area (TPSA) is 40.6 Å². The molecule has 0 N–H and O–H groups in total. The zero-order valence-electron chi connectivity index (χ0n) is 7.94. The van der Waals surface area contributed by atoms with Crippen LogP contribution in [0.1, 0.15) is 0 Å². The van der Waals surface area contributed by atoms with Gasteiger partial charge in [0.15, 0.2) is 0 Å². The van der Waals surface area contributed by atoms with Crippen LogP contribution in [0.15, 0.2) is 12.7 Å². The van der Waals surface area contributed by atoms with Gasteiger partial charge in [0, 0.05) is 26.2 Å². The molecule has 0 bridgehead atoms. The molecule has 0 atom stereocenters. The number of nitrogens with zero attached hydrogens (tertiary/aromatic N) is 2. The van der Waals surface area contributed by atoms with E-state index in [0.29, 0.717) is 13.1 Å². The molecule has 0 spiro atoms. The van der Waals surface area contributed by atoms with Crippen LogP contribution in [0, 0.1) is 0 Å². The van der Waals surface area contributed by atoms with Gasteiger partial charge in [-0.3, -0.25) is 0 Å². The van der Waals surface area contributed by atoms with Crippen molar-refractivity contribution in [1.29, 1.82) is 0 Å². The second-order valence-corrected chi connectivity index (χ2v) is 5.28. The smallest absolute Gasteiger partial charge is 0.217 e. The van der Waals surface area contributed by atoms with E-state index in [2.05, 4.69) is 11.5 Å². The molecule has 0 aromatic carbocycles. The molecule has 76 valence electrons. The zero-order valence-corrected chi connectivity index (χ0v) is 8.76. The number of rotatable bonds is 3. The minimum absolute atomic E-state index is 0.0523. The van der Waals surface area contributed by atoms with E-state index in [-0.39, 0.29) is 5.75 Å². The van der Waals surface area contributed by atoms with Crippen molar-refractivity contribution in [2.24, 2.45) is 0 Å². The van der Waals surface area contributed by atoms with E-state index in [9.17, 15) is 8.42 Å². The minimum atomic E-state index is -3.07. The van der Waals surface area contributed by atoms with Crippen molar-refractivity contribution in [3.63, 3.8) is 0 Å². The van der Waals surface area contributed by atoms with Crippen LogP contribution in [0.5, 0.6) is 0 Å². The van der Waals surface area contributed by atoms with Gasteiger partial charge in [0.05, 0.1) is 5.75 Å². The highest BCUT2D eigenvalue weighted by molar-refractivity contribution is 7.89. The van der Waals surface area contributed by atoms with Crippen LogP contribution in [0.25, 0.3) is 0 Å². The second-order valence-electron chi connectivity index (χ2n) is 3.27. The van der Waals surface area contributed by atoms with Crippen LogP contribution in [0.3, 0.4) is 0 Å². The molecule has 1 aliphatic rings. The summed E-state index contributed by atoms with van der Waals surface area (Å²) in [5.74, 6) is 0.0523. The molecule has 1 fully saturated rings. The zero-order chi connectivity index (χ0) is 9.90. The average Bonchev–Trinajstić information content (AvgIpc) is 2.05. The summed E-state index contributed by atoms with van der Waals surface area (Å²) in [5.41, 5.74) is 0. The lowest BCUT2D eigenvalue weighted by molar-refractivity contribution is 0.223. The molecule has 0 amide bonds. The van der Waals surface area contributed by atoms with Crippen molar-refractivity contribution < 1.29 is 8.42 Å². The summed E-state index contributed by atoms with van der Waals surface area (Å²) >= 11 is 0. The van der Waals surface area contributed by atoms with Crippen LogP contribution in [-0.4, -0.2) is 56.6 Å². The third-order valence-electron chi connectivity index (χ3n) is 2.18. The lowest BCUT2D eigenvalue weighted by Crippen LogP contribution is -2.47. The Morgan fingerprint density at radius 1 is 1.31 bits per heavy atom. The fraction of sp³-hybridized carbons (Fsp3) is 0.750. The molecule has 0 radical (unpaired) electrons. The third kappa shape index (κ3) is 2.79. The number of hydrogen-bond donors (Lipinski definition) is 0. The lowest BCUT2D eigenvalue weighted by atomic mass is 10.4. The number of sulfonamides is 1. The molecule has 1 rings (SSSR count). The van der Waals surface area contributed by atoms with E-state index < -0.39 is 10.0 Å². The molecule has 1 heterocycles. The summed E-state index contributed by atoms with van der Waals surface area (Å²) in [4.78, 5) is 2.12. The monoisotopic (exact) mass is 204 g/mol. The molecule has 1 saturated heterocycles. The lowest BCUT2D eigenvalue weighted by Gasteiger charge is -2.31. The van der Waals surface area contributed by atoms with Gasteiger partial charge in [0.1, 0.15) is 0 Å². The maximum Gasteiger partial charge on any atom is 0.217 e. The first-order chi connectivity index (χ1) is 6.06. The molecule has 4 nitrogen and oxygen atoms in total. The first-order valence-corrected chi connectivity index (χ1v) is 5.94. The Hall–Kier alpha value is -0.390. The quantitative estimate of drug-likeness (QED) is 0.595. The minimum Gasteiger partial charge on any atom is -0.304 e. The van der Waals surface area contributed by atoms with Crippen LogP contribution in [0.2, 0.25) is 0 Å². The molecule has 5 heteroatoms. The summed E-state index contributed by atoms with van der Waals surface area (Å²) in [7, 11) is -1.07. The highest BCUT2D eigenvalue weighted by Gasteiger charge is 2.23. The van der Waals surface area contributed by atoms with E-state index in [0.717, 1.165) is 13.1 Å². The molecule has 0 unspecified atom stereocenters. The van der Waals surface area contributed by atoms with Crippen molar-refractivity contribution >= 4 is 10.0 Å². The average molecular weight is 204 g/mol. The third-order valence-corrected chi connectivity index (χ3v) is 3.99. The maximum atomic E-state index is 11.5. The standard InChI is InChI=1S/C8H16N2O2S/c1-3-8-13(11,12)10-6-4-9(2)5-7-10/h3H,1,4-8H2,2H3. The molecule has 13 heavy (non-hydrogen) atoms. The second kappa shape index (κ2) is 4.21. The van der Waals surface area contributed by atoms with Crippen molar-refractivity contribution in [3.05, 3.63) is 12.7 Å². The number of piperazine rings is 1. The van der Waals surface area contributed by atoms with Crippen LogP contribution in [0.4, 0.5) is 0 Å². The van der Waals surface area contributed by atoms with Crippen molar-refractivity contribution in [1.82, 2.24) is 9.21 Å².